The first-order valence-corrected chi connectivity index (χ1v) is 10.9. The maximum absolute atomic E-state index is 13.7. The van der Waals surface area contributed by atoms with Gasteiger partial charge in [-0.25, -0.2) is 14.1 Å². The molecule has 2 unspecified atom stereocenters. The van der Waals surface area contributed by atoms with E-state index in [2.05, 4.69) is 5.32 Å². The number of thioether (sulfide) groups is 1. The van der Waals surface area contributed by atoms with Gasteiger partial charge in [0.2, 0.25) is 5.91 Å². The molecule has 0 aliphatic carbocycles. The standard InChI is InChI=1S/C23H22FN3O3S/c1-3-15-5-4-6-16(12-15)25-20(28)13-26-19-9-10-31-21(19)22(29)27(23(26)30)17-7-8-18(24)14(2)11-17/h4-12,19,21H,3,13H2,1-2H3,(H,25,28). The van der Waals surface area contributed by atoms with Crippen LogP contribution >= 0.6 is 11.8 Å². The van der Waals surface area contributed by atoms with Crippen LogP contribution in [0.1, 0.15) is 18.1 Å². The molecule has 2 aliphatic rings. The molecule has 0 bridgehead atoms. The quantitative estimate of drug-likeness (QED) is 0.762. The van der Waals surface area contributed by atoms with Crippen molar-refractivity contribution >= 4 is 41.0 Å². The molecule has 4 amide bonds. The molecule has 1 N–H and O–H groups in total. The number of hydrogen-bond donors (Lipinski definition) is 1. The van der Waals surface area contributed by atoms with Crippen LogP contribution in [0.4, 0.5) is 20.6 Å². The van der Waals surface area contributed by atoms with E-state index in [1.807, 2.05) is 25.1 Å². The van der Waals surface area contributed by atoms with Gasteiger partial charge in [0.15, 0.2) is 0 Å². The summed E-state index contributed by atoms with van der Waals surface area (Å²) in [4.78, 5) is 41.5. The zero-order valence-electron chi connectivity index (χ0n) is 17.2. The highest BCUT2D eigenvalue weighted by Gasteiger charge is 2.48. The van der Waals surface area contributed by atoms with Crippen molar-refractivity contribution in [2.45, 2.75) is 31.6 Å². The van der Waals surface area contributed by atoms with Crippen molar-refractivity contribution in [3.8, 4) is 0 Å². The van der Waals surface area contributed by atoms with Crippen LogP contribution in [0.2, 0.25) is 0 Å². The number of anilines is 2. The molecule has 1 saturated heterocycles. The second-order valence-corrected chi connectivity index (χ2v) is 8.55. The van der Waals surface area contributed by atoms with Gasteiger partial charge in [0.1, 0.15) is 17.6 Å². The van der Waals surface area contributed by atoms with E-state index in [1.54, 1.807) is 24.5 Å². The molecule has 4 rings (SSSR count). The van der Waals surface area contributed by atoms with Crippen LogP contribution in [0, 0.1) is 12.7 Å². The van der Waals surface area contributed by atoms with Gasteiger partial charge in [0.05, 0.1) is 11.7 Å². The Bertz CT molecular complexity index is 1090. The molecule has 2 heterocycles. The Morgan fingerprint density at radius 2 is 2.00 bits per heavy atom. The van der Waals surface area contributed by atoms with Gasteiger partial charge in [-0.15, -0.1) is 11.8 Å². The van der Waals surface area contributed by atoms with Crippen molar-refractivity contribution in [1.82, 2.24) is 4.90 Å². The minimum absolute atomic E-state index is 0.203. The van der Waals surface area contributed by atoms with Crippen LogP contribution in [0.15, 0.2) is 53.9 Å². The minimum atomic E-state index is -0.595. The summed E-state index contributed by atoms with van der Waals surface area (Å²) < 4.78 is 13.7. The Hall–Kier alpha value is -3.13. The number of rotatable bonds is 5. The minimum Gasteiger partial charge on any atom is -0.325 e. The van der Waals surface area contributed by atoms with Crippen molar-refractivity contribution in [3.63, 3.8) is 0 Å². The van der Waals surface area contributed by atoms with Gasteiger partial charge in [0.25, 0.3) is 5.91 Å². The predicted octanol–water partition coefficient (Wildman–Crippen LogP) is 4.10. The molecular formula is C23H22FN3O3S. The number of aryl methyl sites for hydroxylation is 2. The van der Waals surface area contributed by atoms with Crippen LogP contribution in [-0.4, -0.2) is 40.6 Å². The fraction of sp³-hybridized carbons (Fsp3) is 0.261. The van der Waals surface area contributed by atoms with Crippen molar-refractivity contribution < 1.29 is 18.8 Å². The zero-order chi connectivity index (χ0) is 22.1. The highest BCUT2D eigenvalue weighted by Crippen LogP contribution is 2.36. The first-order valence-electron chi connectivity index (χ1n) is 10.0. The van der Waals surface area contributed by atoms with Gasteiger partial charge in [-0.05, 0) is 60.2 Å². The monoisotopic (exact) mass is 439 g/mol. The molecule has 0 radical (unpaired) electrons. The topological polar surface area (TPSA) is 69.7 Å². The number of fused-ring (bicyclic) bond motifs is 1. The van der Waals surface area contributed by atoms with Crippen LogP contribution in [0.5, 0.6) is 0 Å². The van der Waals surface area contributed by atoms with E-state index in [0.29, 0.717) is 16.9 Å². The Morgan fingerprint density at radius 1 is 1.19 bits per heavy atom. The summed E-state index contributed by atoms with van der Waals surface area (Å²) in [6.45, 7) is 3.40. The summed E-state index contributed by atoms with van der Waals surface area (Å²) >= 11 is 1.31. The number of imide groups is 1. The molecule has 2 aromatic carbocycles. The number of hydrogen-bond acceptors (Lipinski definition) is 4. The summed E-state index contributed by atoms with van der Waals surface area (Å²) in [5, 5.41) is 4.06. The van der Waals surface area contributed by atoms with E-state index >= 15 is 0 Å². The predicted molar refractivity (Wildman–Crippen MR) is 119 cm³/mol. The van der Waals surface area contributed by atoms with Gasteiger partial charge in [-0.1, -0.05) is 25.1 Å². The maximum atomic E-state index is 13.7. The van der Waals surface area contributed by atoms with E-state index in [1.165, 1.54) is 34.9 Å². The molecule has 0 spiro atoms. The Balaban J connectivity index is 1.58. The molecule has 0 aromatic heterocycles. The lowest BCUT2D eigenvalue weighted by Gasteiger charge is -2.40. The summed E-state index contributed by atoms with van der Waals surface area (Å²) in [5.74, 6) is -1.14. The van der Waals surface area contributed by atoms with E-state index in [0.717, 1.165) is 16.9 Å². The first-order chi connectivity index (χ1) is 14.9. The third-order valence-corrected chi connectivity index (χ3v) is 6.49. The van der Waals surface area contributed by atoms with Crippen LogP contribution < -0.4 is 10.2 Å². The van der Waals surface area contributed by atoms with Crippen molar-refractivity contribution in [1.29, 1.82) is 0 Å². The first kappa shape index (κ1) is 21.1. The van der Waals surface area contributed by atoms with Crippen molar-refractivity contribution in [3.05, 3.63) is 70.9 Å². The van der Waals surface area contributed by atoms with Crippen LogP contribution in [0.3, 0.4) is 0 Å². The third kappa shape index (κ3) is 4.07. The second kappa shape index (κ2) is 8.55. The van der Waals surface area contributed by atoms with Gasteiger partial charge >= 0.3 is 6.03 Å². The number of carbonyl (C=O) groups excluding carboxylic acids is 3. The second-order valence-electron chi connectivity index (χ2n) is 7.50. The Labute approximate surface area is 184 Å². The molecule has 2 atom stereocenters. The SMILES string of the molecule is CCc1cccc(NC(=O)CN2C(=O)N(c3ccc(F)c(C)c3)C(=O)C3SC=CC32)c1. The van der Waals surface area contributed by atoms with E-state index < -0.39 is 23.1 Å². The van der Waals surface area contributed by atoms with Gasteiger partial charge in [-0.2, -0.15) is 0 Å². The number of carbonyl (C=O) groups is 3. The number of nitrogens with one attached hydrogen (secondary N) is 1. The number of nitrogens with zero attached hydrogens (tertiary/aromatic N) is 2. The highest BCUT2D eigenvalue weighted by molar-refractivity contribution is 8.03. The number of benzene rings is 2. The average molecular weight is 440 g/mol. The van der Waals surface area contributed by atoms with Crippen molar-refractivity contribution in [2.75, 3.05) is 16.8 Å². The Morgan fingerprint density at radius 3 is 2.74 bits per heavy atom. The lowest BCUT2D eigenvalue weighted by molar-refractivity contribution is -0.121. The highest BCUT2D eigenvalue weighted by atomic mass is 32.2. The molecule has 0 saturated carbocycles. The normalized spacial score (nSPS) is 20.2. The average Bonchev–Trinajstić information content (AvgIpc) is 3.24. The third-order valence-electron chi connectivity index (χ3n) is 5.40. The molecular weight excluding hydrogens is 417 g/mol. The Kier molecular flexibility index (Phi) is 5.82. The smallest absolute Gasteiger partial charge is 0.325 e. The summed E-state index contributed by atoms with van der Waals surface area (Å²) in [5.41, 5.74) is 2.37. The number of amides is 4. The molecule has 6 nitrogen and oxygen atoms in total. The molecule has 2 aliphatic heterocycles. The van der Waals surface area contributed by atoms with E-state index in [9.17, 15) is 18.8 Å². The number of halogens is 1. The summed E-state index contributed by atoms with van der Waals surface area (Å²) in [7, 11) is 0. The largest absolute Gasteiger partial charge is 0.332 e. The fourth-order valence-electron chi connectivity index (χ4n) is 3.74. The fourth-order valence-corrected chi connectivity index (χ4v) is 4.79. The van der Waals surface area contributed by atoms with Crippen LogP contribution in [-0.2, 0) is 16.0 Å². The molecule has 160 valence electrons. The molecule has 31 heavy (non-hydrogen) atoms. The van der Waals surface area contributed by atoms with E-state index in [4.69, 9.17) is 0 Å². The van der Waals surface area contributed by atoms with E-state index in [-0.39, 0.29) is 18.4 Å². The zero-order valence-corrected chi connectivity index (χ0v) is 18.0. The molecule has 8 heteroatoms. The van der Waals surface area contributed by atoms with Gasteiger partial charge < -0.3 is 10.2 Å². The van der Waals surface area contributed by atoms with Gasteiger partial charge in [0, 0.05) is 5.69 Å². The van der Waals surface area contributed by atoms with Crippen molar-refractivity contribution in [2.24, 2.45) is 0 Å². The maximum Gasteiger partial charge on any atom is 0.332 e. The number of urea groups is 1. The molecule has 1 fully saturated rings. The lowest BCUT2D eigenvalue weighted by Crippen LogP contribution is -2.63. The van der Waals surface area contributed by atoms with Crippen LogP contribution in [0.25, 0.3) is 0 Å². The lowest BCUT2D eigenvalue weighted by atomic mass is 10.1. The summed E-state index contributed by atoms with van der Waals surface area (Å²) in [6, 6.07) is 10.5. The van der Waals surface area contributed by atoms with Gasteiger partial charge in [-0.3, -0.25) is 9.59 Å². The molecule has 2 aromatic rings. The summed E-state index contributed by atoms with van der Waals surface area (Å²) in [6.07, 6.45) is 2.61.